The summed E-state index contributed by atoms with van der Waals surface area (Å²) in [6.45, 7) is 9.39. The smallest absolute Gasteiger partial charge is 0.111 e. The van der Waals surface area contributed by atoms with E-state index in [0.717, 1.165) is 51.6 Å². The van der Waals surface area contributed by atoms with Crippen molar-refractivity contribution in [1.29, 1.82) is 0 Å². The summed E-state index contributed by atoms with van der Waals surface area (Å²) >= 11 is 0. The highest BCUT2D eigenvalue weighted by Gasteiger charge is 2.19. The molecule has 5 nitrogen and oxygen atoms in total. The molecule has 1 atom stereocenters. The number of aromatic nitrogens is 2. The van der Waals surface area contributed by atoms with Crippen molar-refractivity contribution < 1.29 is 9.47 Å². The summed E-state index contributed by atoms with van der Waals surface area (Å²) in [5.74, 6) is 0.700. The number of nitrogens with one attached hydrogen (secondary N) is 1. The van der Waals surface area contributed by atoms with Crippen molar-refractivity contribution in [3.63, 3.8) is 0 Å². The van der Waals surface area contributed by atoms with Gasteiger partial charge in [-0.2, -0.15) is 0 Å². The molecule has 1 fully saturated rings. The first-order chi connectivity index (χ1) is 9.27. The minimum Gasteiger partial charge on any atom is -0.380 e. The molecular formula is C14H25N3O2. The molecular weight excluding hydrogens is 242 g/mol. The summed E-state index contributed by atoms with van der Waals surface area (Å²) in [5, 5.41) is 3.34. The Morgan fingerprint density at radius 2 is 2.42 bits per heavy atom. The maximum Gasteiger partial charge on any atom is 0.111 e. The molecule has 108 valence electrons. The molecule has 1 saturated heterocycles. The van der Waals surface area contributed by atoms with Crippen LogP contribution in [0.15, 0.2) is 12.5 Å². The zero-order valence-corrected chi connectivity index (χ0v) is 12.0. The maximum atomic E-state index is 5.76. The van der Waals surface area contributed by atoms with E-state index in [2.05, 4.69) is 28.7 Å². The molecule has 0 aromatic carbocycles. The van der Waals surface area contributed by atoms with Crippen LogP contribution < -0.4 is 5.32 Å². The van der Waals surface area contributed by atoms with Gasteiger partial charge in [-0.1, -0.05) is 13.8 Å². The second kappa shape index (κ2) is 7.62. The number of imidazole rings is 1. The molecule has 1 aromatic heterocycles. The lowest BCUT2D eigenvalue weighted by Gasteiger charge is -2.24. The van der Waals surface area contributed by atoms with Crippen molar-refractivity contribution in [1.82, 2.24) is 14.9 Å². The lowest BCUT2D eigenvalue weighted by Crippen LogP contribution is -2.34. The van der Waals surface area contributed by atoms with Gasteiger partial charge < -0.3 is 19.4 Å². The van der Waals surface area contributed by atoms with Crippen molar-refractivity contribution in [3.8, 4) is 0 Å². The highest BCUT2D eigenvalue weighted by atomic mass is 16.5. The highest BCUT2D eigenvalue weighted by Crippen LogP contribution is 2.18. The number of ether oxygens (including phenoxy) is 2. The summed E-state index contributed by atoms with van der Waals surface area (Å²) in [5.41, 5.74) is 1.14. The molecule has 0 aliphatic carbocycles. The fourth-order valence-electron chi connectivity index (χ4n) is 2.13. The van der Waals surface area contributed by atoms with E-state index in [4.69, 9.17) is 9.47 Å². The van der Waals surface area contributed by atoms with Crippen LogP contribution in [-0.4, -0.2) is 42.5 Å². The minimum absolute atomic E-state index is 0.118. The Labute approximate surface area is 115 Å². The Kier molecular flexibility index (Phi) is 5.82. The Morgan fingerprint density at radius 3 is 3.16 bits per heavy atom. The highest BCUT2D eigenvalue weighted by molar-refractivity contribution is 5.04. The first-order valence-electron chi connectivity index (χ1n) is 7.17. The Hall–Kier alpha value is -0.910. The van der Waals surface area contributed by atoms with Crippen LogP contribution in [0.2, 0.25) is 0 Å². The fraction of sp³-hybridized carbons (Fsp3) is 0.786. The monoisotopic (exact) mass is 267 g/mol. The van der Waals surface area contributed by atoms with Crippen molar-refractivity contribution in [2.75, 3.05) is 32.9 Å². The fourth-order valence-corrected chi connectivity index (χ4v) is 2.13. The van der Waals surface area contributed by atoms with Gasteiger partial charge in [0.25, 0.3) is 0 Å². The topological polar surface area (TPSA) is 48.3 Å². The maximum absolute atomic E-state index is 5.76. The number of rotatable bonds is 7. The van der Waals surface area contributed by atoms with E-state index in [0.29, 0.717) is 5.92 Å². The molecule has 2 heterocycles. The van der Waals surface area contributed by atoms with E-state index in [-0.39, 0.29) is 6.10 Å². The van der Waals surface area contributed by atoms with Crippen molar-refractivity contribution >= 4 is 0 Å². The summed E-state index contributed by atoms with van der Waals surface area (Å²) in [6, 6.07) is 0. The van der Waals surface area contributed by atoms with Crippen LogP contribution in [0.5, 0.6) is 0 Å². The summed E-state index contributed by atoms with van der Waals surface area (Å²) < 4.78 is 13.5. The largest absolute Gasteiger partial charge is 0.380 e. The molecule has 1 unspecified atom stereocenters. The molecule has 5 heteroatoms. The standard InChI is InChI=1S/C14H25N3O2/c1-12(2)3-6-18-8-5-17-11-16-9-13(17)14-10-15-4-7-19-14/h9,11-12,14-15H,3-8,10H2,1-2H3. The Bertz CT molecular complexity index is 359. The van der Waals surface area contributed by atoms with Gasteiger partial charge in [-0.25, -0.2) is 4.98 Å². The van der Waals surface area contributed by atoms with Crippen LogP contribution >= 0.6 is 0 Å². The number of nitrogens with zero attached hydrogens (tertiary/aromatic N) is 2. The van der Waals surface area contributed by atoms with Crippen molar-refractivity contribution in [3.05, 3.63) is 18.2 Å². The molecule has 0 amide bonds. The summed E-state index contributed by atoms with van der Waals surface area (Å²) in [6.07, 6.45) is 4.99. The second-order valence-electron chi connectivity index (χ2n) is 5.37. The molecule has 0 saturated carbocycles. The predicted octanol–water partition coefficient (Wildman–Crippen LogP) is 1.61. The zero-order chi connectivity index (χ0) is 13.5. The zero-order valence-electron chi connectivity index (χ0n) is 12.0. The van der Waals surface area contributed by atoms with Crippen LogP contribution in [0, 0.1) is 5.92 Å². The van der Waals surface area contributed by atoms with Crippen molar-refractivity contribution in [2.45, 2.75) is 32.9 Å². The van der Waals surface area contributed by atoms with Gasteiger partial charge in [0.1, 0.15) is 6.10 Å². The second-order valence-corrected chi connectivity index (χ2v) is 5.37. The van der Waals surface area contributed by atoms with Gasteiger partial charge in [-0.15, -0.1) is 0 Å². The minimum atomic E-state index is 0.118. The van der Waals surface area contributed by atoms with Crippen molar-refractivity contribution in [2.24, 2.45) is 5.92 Å². The van der Waals surface area contributed by atoms with Gasteiger partial charge in [0.05, 0.1) is 31.4 Å². The molecule has 0 bridgehead atoms. The van der Waals surface area contributed by atoms with Gasteiger partial charge in [0.15, 0.2) is 0 Å². The van der Waals surface area contributed by atoms with Gasteiger partial charge >= 0.3 is 0 Å². The molecule has 19 heavy (non-hydrogen) atoms. The predicted molar refractivity (Wildman–Crippen MR) is 74.1 cm³/mol. The third-order valence-electron chi connectivity index (χ3n) is 3.32. The van der Waals surface area contributed by atoms with E-state index in [1.54, 1.807) is 0 Å². The van der Waals surface area contributed by atoms with E-state index < -0.39 is 0 Å². The van der Waals surface area contributed by atoms with Gasteiger partial charge in [0, 0.05) is 26.2 Å². The summed E-state index contributed by atoms with van der Waals surface area (Å²) in [4.78, 5) is 4.22. The SMILES string of the molecule is CC(C)CCOCCn1cncc1C1CNCCO1. The Morgan fingerprint density at radius 1 is 1.53 bits per heavy atom. The molecule has 1 aliphatic heterocycles. The molecule has 2 rings (SSSR count). The van der Waals surface area contributed by atoms with Crippen LogP contribution in [-0.2, 0) is 16.0 Å². The number of hydrogen-bond donors (Lipinski definition) is 1. The van der Waals surface area contributed by atoms with E-state index in [9.17, 15) is 0 Å². The molecule has 1 aliphatic rings. The molecule has 1 aromatic rings. The third-order valence-corrected chi connectivity index (χ3v) is 3.32. The summed E-state index contributed by atoms with van der Waals surface area (Å²) in [7, 11) is 0. The molecule has 0 radical (unpaired) electrons. The quantitative estimate of drug-likeness (QED) is 0.762. The molecule has 0 spiro atoms. The first-order valence-corrected chi connectivity index (χ1v) is 7.17. The molecule has 1 N–H and O–H groups in total. The van der Waals surface area contributed by atoms with Gasteiger partial charge in [-0.05, 0) is 12.3 Å². The average molecular weight is 267 g/mol. The average Bonchev–Trinajstić information content (AvgIpc) is 2.87. The number of hydrogen-bond acceptors (Lipinski definition) is 4. The van der Waals surface area contributed by atoms with E-state index in [1.807, 2.05) is 12.5 Å². The van der Waals surface area contributed by atoms with Crippen LogP contribution in [0.4, 0.5) is 0 Å². The van der Waals surface area contributed by atoms with E-state index in [1.165, 1.54) is 0 Å². The Balaban J connectivity index is 1.76. The van der Waals surface area contributed by atoms with Crippen LogP contribution in [0.3, 0.4) is 0 Å². The lowest BCUT2D eigenvalue weighted by atomic mass is 10.1. The number of morpholine rings is 1. The van der Waals surface area contributed by atoms with E-state index >= 15 is 0 Å². The van der Waals surface area contributed by atoms with Crippen LogP contribution in [0.25, 0.3) is 0 Å². The van der Waals surface area contributed by atoms with Gasteiger partial charge in [-0.3, -0.25) is 0 Å². The normalized spacial score (nSPS) is 20.1. The third kappa shape index (κ3) is 4.60. The lowest BCUT2D eigenvalue weighted by molar-refractivity contribution is 0.0216. The van der Waals surface area contributed by atoms with Crippen LogP contribution in [0.1, 0.15) is 32.1 Å². The van der Waals surface area contributed by atoms with Gasteiger partial charge in [0.2, 0.25) is 0 Å². The first kappa shape index (κ1) is 14.5.